The maximum Gasteiger partial charge on any atom is 0.471 e. The summed E-state index contributed by atoms with van der Waals surface area (Å²) in [6, 6.07) is -0.672. The van der Waals surface area contributed by atoms with Crippen molar-refractivity contribution in [3.05, 3.63) is 35.4 Å². The Balaban J connectivity index is 3.09. The summed E-state index contributed by atoms with van der Waals surface area (Å²) in [6.07, 6.45) is -5.32. The number of alkyl halides is 3. The molecule has 0 radical (unpaired) electrons. The maximum absolute atomic E-state index is 13.3. The molecule has 19 heavy (non-hydrogen) atoms. The standard InChI is InChI=1S/C10H6F5NO3/c11-4-1-2-5(6(12)3-4)7(8(17)18)16-9(19)10(13,14)15/h1-3,7H,(H,16,19)(H,17,18). The van der Waals surface area contributed by atoms with Crippen molar-refractivity contribution in [1.82, 2.24) is 5.32 Å². The normalized spacial score (nSPS) is 12.9. The molecule has 1 rings (SSSR count). The molecule has 0 aromatic heterocycles. The summed E-state index contributed by atoms with van der Waals surface area (Å²) < 4.78 is 61.9. The lowest BCUT2D eigenvalue weighted by molar-refractivity contribution is -0.175. The molecule has 0 heterocycles. The van der Waals surface area contributed by atoms with Gasteiger partial charge in [0, 0.05) is 11.6 Å². The molecule has 4 nitrogen and oxygen atoms in total. The summed E-state index contributed by atoms with van der Waals surface area (Å²) in [6.45, 7) is 0. The lowest BCUT2D eigenvalue weighted by Crippen LogP contribution is -2.42. The molecule has 9 heteroatoms. The van der Waals surface area contributed by atoms with E-state index in [-0.39, 0.29) is 0 Å². The fourth-order valence-electron chi connectivity index (χ4n) is 1.22. The minimum absolute atomic E-state index is 0.297. The van der Waals surface area contributed by atoms with E-state index in [0.717, 1.165) is 5.32 Å². The fraction of sp³-hybridized carbons (Fsp3) is 0.200. The minimum Gasteiger partial charge on any atom is -0.479 e. The van der Waals surface area contributed by atoms with E-state index >= 15 is 0 Å². The number of carbonyl (C=O) groups excluding carboxylic acids is 1. The number of amides is 1. The molecule has 0 aliphatic carbocycles. The molecular weight excluding hydrogens is 277 g/mol. The second kappa shape index (κ2) is 5.21. The van der Waals surface area contributed by atoms with E-state index in [1.54, 1.807) is 0 Å². The van der Waals surface area contributed by atoms with E-state index in [2.05, 4.69) is 0 Å². The first-order valence-electron chi connectivity index (χ1n) is 4.68. The molecule has 0 aliphatic rings. The summed E-state index contributed by atoms with van der Waals surface area (Å²) in [7, 11) is 0. The van der Waals surface area contributed by atoms with Gasteiger partial charge in [-0.25, -0.2) is 13.6 Å². The number of aliphatic carboxylic acids is 1. The van der Waals surface area contributed by atoms with Crippen LogP contribution in [0.1, 0.15) is 11.6 Å². The lowest BCUT2D eigenvalue weighted by Gasteiger charge is -2.16. The first kappa shape index (κ1) is 14.9. The fourth-order valence-corrected chi connectivity index (χ4v) is 1.22. The number of nitrogens with one attached hydrogen (secondary N) is 1. The van der Waals surface area contributed by atoms with Gasteiger partial charge >= 0.3 is 18.1 Å². The molecule has 0 aliphatic heterocycles. The van der Waals surface area contributed by atoms with E-state index in [9.17, 15) is 31.5 Å². The molecule has 1 unspecified atom stereocenters. The van der Waals surface area contributed by atoms with Crippen LogP contribution < -0.4 is 5.32 Å². The van der Waals surface area contributed by atoms with Crippen LogP contribution in [-0.4, -0.2) is 23.2 Å². The molecule has 0 bridgehead atoms. The van der Waals surface area contributed by atoms with Crippen LogP contribution in [-0.2, 0) is 9.59 Å². The monoisotopic (exact) mass is 283 g/mol. The van der Waals surface area contributed by atoms with Crippen LogP contribution in [0.15, 0.2) is 18.2 Å². The van der Waals surface area contributed by atoms with Crippen LogP contribution in [0, 0.1) is 11.6 Å². The van der Waals surface area contributed by atoms with Gasteiger partial charge in [-0.1, -0.05) is 6.07 Å². The first-order valence-corrected chi connectivity index (χ1v) is 4.68. The molecular formula is C10H6F5NO3. The van der Waals surface area contributed by atoms with E-state index in [4.69, 9.17) is 5.11 Å². The maximum atomic E-state index is 13.3. The van der Waals surface area contributed by atoms with Gasteiger partial charge in [-0.3, -0.25) is 4.79 Å². The highest BCUT2D eigenvalue weighted by Crippen LogP contribution is 2.21. The summed E-state index contributed by atoms with van der Waals surface area (Å²) in [5.74, 6) is -6.87. The third-order valence-electron chi connectivity index (χ3n) is 2.05. The predicted molar refractivity (Wildman–Crippen MR) is 50.9 cm³/mol. The van der Waals surface area contributed by atoms with Gasteiger partial charge in [-0.05, 0) is 6.07 Å². The van der Waals surface area contributed by atoms with Crippen molar-refractivity contribution < 1.29 is 36.6 Å². The summed E-state index contributed by atoms with van der Waals surface area (Å²) in [5, 5.41) is 9.80. The molecule has 0 saturated carbocycles. The van der Waals surface area contributed by atoms with Crippen LogP contribution in [0.4, 0.5) is 22.0 Å². The molecule has 0 fully saturated rings. The van der Waals surface area contributed by atoms with Gasteiger partial charge in [0.25, 0.3) is 0 Å². The number of carbonyl (C=O) groups is 2. The molecule has 1 aromatic rings. The Bertz CT molecular complexity index is 514. The van der Waals surface area contributed by atoms with Crippen LogP contribution >= 0.6 is 0 Å². The van der Waals surface area contributed by atoms with Gasteiger partial charge in [0.1, 0.15) is 11.6 Å². The van der Waals surface area contributed by atoms with Crippen LogP contribution in [0.3, 0.4) is 0 Å². The Hall–Kier alpha value is -2.19. The van der Waals surface area contributed by atoms with Crippen molar-refractivity contribution in [2.24, 2.45) is 0 Å². The first-order chi connectivity index (χ1) is 8.62. The van der Waals surface area contributed by atoms with Crippen molar-refractivity contribution in [3.63, 3.8) is 0 Å². The average molecular weight is 283 g/mol. The Morgan fingerprint density at radius 3 is 2.21 bits per heavy atom. The molecule has 2 N–H and O–H groups in total. The zero-order valence-electron chi connectivity index (χ0n) is 8.96. The number of hydrogen-bond acceptors (Lipinski definition) is 2. The third kappa shape index (κ3) is 3.63. The van der Waals surface area contributed by atoms with Gasteiger partial charge in [-0.15, -0.1) is 0 Å². The van der Waals surface area contributed by atoms with Crippen molar-refractivity contribution in [3.8, 4) is 0 Å². The smallest absolute Gasteiger partial charge is 0.471 e. The summed E-state index contributed by atoms with van der Waals surface area (Å²) in [5.41, 5.74) is -0.786. The van der Waals surface area contributed by atoms with E-state index < -0.39 is 41.3 Å². The van der Waals surface area contributed by atoms with Crippen LogP contribution in [0.2, 0.25) is 0 Å². The highest BCUT2D eigenvalue weighted by atomic mass is 19.4. The second-order valence-corrected chi connectivity index (χ2v) is 3.41. The van der Waals surface area contributed by atoms with Crippen molar-refractivity contribution in [1.29, 1.82) is 0 Å². The van der Waals surface area contributed by atoms with E-state index in [1.165, 1.54) is 0 Å². The third-order valence-corrected chi connectivity index (χ3v) is 2.05. The van der Waals surface area contributed by atoms with Crippen molar-refractivity contribution >= 4 is 11.9 Å². The average Bonchev–Trinajstić information content (AvgIpc) is 2.24. The van der Waals surface area contributed by atoms with Crippen molar-refractivity contribution in [2.75, 3.05) is 0 Å². The Morgan fingerprint density at radius 2 is 1.79 bits per heavy atom. The van der Waals surface area contributed by atoms with E-state index in [1.807, 2.05) is 0 Å². The molecule has 104 valence electrons. The SMILES string of the molecule is O=C(O)C(NC(=O)C(F)(F)F)c1ccc(F)cc1F. The Morgan fingerprint density at radius 1 is 1.21 bits per heavy atom. The van der Waals surface area contributed by atoms with Gasteiger partial charge in [0.05, 0.1) is 0 Å². The predicted octanol–water partition coefficient (Wildman–Crippen LogP) is 1.77. The second-order valence-electron chi connectivity index (χ2n) is 3.41. The van der Waals surface area contributed by atoms with Gasteiger partial charge in [0.15, 0.2) is 6.04 Å². The number of rotatable bonds is 3. The van der Waals surface area contributed by atoms with Gasteiger partial charge in [0.2, 0.25) is 0 Å². The highest BCUT2D eigenvalue weighted by Gasteiger charge is 2.41. The molecule has 1 aromatic carbocycles. The van der Waals surface area contributed by atoms with E-state index in [0.29, 0.717) is 18.2 Å². The van der Waals surface area contributed by atoms with Crippen LogP contribution in [0.25, 0.3) is 0 Å². The minimum atomic E-state index is -5.32. The van der Waals surface area contributed by atoms with Crippen molar-refractivity contribution in [2.45, 2.75) is 12.2 Å². The van der Waals surface area contributed by atoms with Gasteiger partial charge in [-0.2, -0.15) is 13.2 Å². The topological polar surface area (TPSA) is 66.4 Å². The highest BCUT2D eigenvalue weighted by molar-refractivity contribution is 5.87. The molecule has 0 spiro atoms. The zero-order valence-corrected chi connectivity index (χ0v) is 8.96. The molecule has 1 amide bonds. The number of carboxylic acids is 1. The number of hydrogen-bond donors (Lipinski definition) is 2. The summed E-state index contributed by atoms with van der Waals surface area (Å²) in [4.78, 5) is 21.4. The zero-order chi connectivity index (χ0) is 14.8. The molecule has 0 saturated heterocycles. The number of halogens is 5. The molecule has 1 atom stereocenters. The number of benzene rings is 1. The lowest BCUT2D eigenvalue weighted by atomic mass is 10.1. The Labute approximate surface area is 102 Å². The Kier molecular flexibility index (Phi) is 4.07. The van der Waals surface area contributed by atoms with Crippen LogP contribution in [0.5, 0.6) is 0 Å². The summed E-state index contributed by atoms with van der Waals surface area (Å²) >= 11 is 0. The largest absolute Gasteiger partial charge is 0.479 e. The quantitative estimate of drug-likeness (QED) is 0.831. The number of carboxylic acid groups (broad SMARTS) is 1. The van der Waals surface area contributed by atoms with Gasteiger partial charge < -0.3 is 10.4 Å².